The third kappa shape index (κ3) is 3.54. The first kappa shape index (κ1) is 16.2. The average molecular weight is 307 g/mol. The van der Waals surface area contributed by atoms with Crippen molar-refractivity contribution in [2.45, 2.75) is 31.7 Å². The second-order valence-corrected chi connectivity index (χ2v) is 5.52. The molecular formula is C15H21N3O4. The molecule has 1 aliphatic carbocycles. The first-order chi connectivity index (χ1) is 10.6. The fourth-order valence-electron chi connectivity index (χ4n) is 3.03. The molecule has 0 radical (unpaired) electrons. The molecule has 7 heteroatoms. The van der Waals surface area contributed by atoms with E-state index >= 15 is 0 Å². The van der Waals surface area contributed by atoms with Crippen LogP contribution in [0.25, 0.3) is 0 Å². The van der Waals surface area contributed by atoms with Crippen molar-refractivity contribution in [3.63, 3.8) is 0 Å². The zero-order valence-electron chi connectivity index (χ0n) is 12.5. The molecule has 2 rings (SSSR count). The molecule has 1 saturated carbocycles. The monoisotopic (exact) mass is 307 g/mol. The maximum Gasteiger partial charge on any atom is 0.293 e. The van der Waals surface area contributed by atoms with E-state index in [1.54, 1.807) is 12.1 Å². The number of nitrogens with one attached hydrogen (secondary N) is 2. The third-order valence-corrected chi connectivity index (χ3v) is 4.18. The lowest BCUT2D eigenvalue weighted by Gasteiger charge is -2.21. The molecule has 0 bridgehead atoms. The minimum Gasteiger partial charge on any atom is -0.396 e. The molecule has 1 aromatic rings. The van der Waals surface area contributed by atoms with Gasteiger partial charge < -0.3 is 15.7 Å². The summed E-state index contributed by atoms with van der Waals surface area (Å²) in [6.45, 7) is 0.126. The highest BCUT2D eigenvalue weighted by molar-refractivity contribution is 5.95. The highest BCUT2D eigenvalue weighted by Gasteiger charge is 2.28. The summed E-state index contributed by atoms with van der Waals surface area (Å²) < 4.78 is 0. The van der Waals surface area contributed by atoms with Crippen molar-refractivity contribution in [1.29, 1.82) is 0 Å². The molecule has 3 N–H and O–H groups in total. The van der Waals surface area contributed by atoms with Crippen molar-refractivity contribution < 1.29 is 14.8 Å². The molecule has 0 heterocycles. The van der Waals surface area contributed by atoms with Gasteiger partial charge in [0.2, 0.25) is 0 Å². The van der Waals surface area contributed by atoms with Gasteiger partial charge >= 0.3 is 0 Å². The van der Waals surface area contributed by atoms with Gasteiger partial charge in [0.15, 0.2) is 0 Å². The molecule has 1 amide bonds. The van der Waals surface area contributed by atoms with Crippen molar-refractivity contribution in [3.8, 4) is 0 Å². The minimum atomic E-state index is -0.481. The van der Waals surface area contributed by atoms with Crippen LogP contribution in [0.5, 0.6) is 0 Å². The van der Waals surface area contributed by atoms with E-state index in [2.05, 4.69) is 10.6 Å². The zero-order valence-corrected chi connectivity index (χ0v) is 12.5. The quantitative estimate of drug-likeness (QED) is 0.550. The van der Waals surface area contributed by atoms with E-state index in [4.69, 9.17) is 5.11 Å². The number of hydrogen-bond acceptors (Lipinski definition) is 5. The molecule has 0 spiro atoms. The van der Waals surface area contributed by atoms with Crippen molar-refractivity contribution in [3.05, 3.63) is 33.9 Å². The Balaban J connectivity index is 2.23. The number of nitrogens with zero attached hydrogens (tertiary/aromatic N) is 1. The summed E-state index contributed by atoms with van der Waals surface area (Å²) in [6.07, 6.45) is 3.69. The largest absolute Gasteiger partial charge is 0.396 e. The normalized spacial score (nSPS) is 20.6. The summed E-state index contributed by atoms with van der Waals surface area (Å²) in [5, 5.41) is 26.0. The Morgan fingerprint density at radius 2 is 2.23 bits per heavy atom. The van der Waals surface area contributed by atoms with Crippen molar-refractivity contribution in [2.24, 2.45) is 5.92 Å². The molecule has 2 atom stereocenters. The lowest BCUT2D eigenvalue weighted by Crippen LogP contribution is -2.25. The van der Waals surface area contributed by atoms with E-state index in [1.807, 2.05) is 0 Å². The van der Waals surface area contributed by atoms with E-state index in [9.17, 15) is 14.9 Å². The van der Waals surface area contributed by atoms with Gasteiger partial charge in [0, 0.05) is 31.3 Å². The fourth-order valence-corrected chi connectivity index (χ4v) is 3.03. The lowest BCUT2D eigenvalue weighted by molar-refractivity contribution is -0.384. The molecule has 1 fully saturated rings. The third-order valence-electron chi connectivity index (χ3n) is 4.18. The van der Waals surface area contributed by atoms with E-state index in [0.717, 1.165) is 19.3 Å². The van der Waals surface area contributed by atoms with Crippen LogP contribution >= 0.6 is 0 Å². The van der Waals surface area contributed by atoms with Gasteiger partial charge in [-0.05, 0) is 37.3 Å². The second kappa shape index (κ2) is 7.22. The Morgan fingerprint density at radius 1 is 1.45 bits per heavy atom. The SMILES string of the molecule is CNC(=O)c1ccc(NC2CCCC2CCO)c([N+](=O)[O-])c1. The number of benzene rings is 1. The summed E-state index contributed by atoms with van der Waals surface area (Å²) in [6, 6.07) is 4.56. The van der Waals surface area contributed by atoms with Crippen LogP contribution in [0, 0.1) is 16.0 Å². The number of nitro benzene ring substituents is 1. The van der Waals surface area contributed by atoms with Crippen LogP contribution in [0.15, 0.2) is 18.2 Å². The van der Waals surface area contributed by atoms with Crippen LogP contribution in [-0.4, -0.2) is 35.6 Å². The van der Waals surface area contributed by atoms with Gasteiger partial charge in [-0.1, -0.05) is 6.42 Å². The minimum absolute atomic E-state index is 0.101. The maximum atomic E-state index is 11.6. The zero-order chi connectivity index (χ0) is 16.1. The van der Waals surface area contributed by atoms with Gasteiger partial charge in [0.25, 0.3) is 11.6 Å². The Morgan fingerprint density at radius 3 is 2.86 bits per heavy atom. The van der Waals surface area contributed by atoms with Crippen LogP contribution in [0.4, 0.5) is 11.4 Å². The second-order valence-electron chi connectivity index (χ2n) is 5.52. The number of aliphatic hydroxyl groups is 1. The Labute approximate surface area is 128 Å². The first-order valence-electron chi connectivity index (χ1n) is 7.44. The van der Waals surface area contributed by atoms with Gasteiger partial charge in [-0.25, -0.2) is 0 Å². The van der Waals surface area contributed by atoms with Gasteiger partial charge in [-0.3, -0.25) is 14.9 Å². The number of nitro groups is 1. The molecule has 120 valence electrons. The number of rotatable bonds is 6. The van der Waals surface area contributed by atoms with E-state index in [-0.39, 0.29) is 29.8 Å². The number of amides is 1. The van der Waals surface area contributed by atoms with E-state index < -0.39 is 4.92 Å². The van der Waals surface area contributed by atoms with E-state index in [0.29, 0.717) is 18.0 Å². The average Bonchev–Trinajstić information content (AvgIpc) is 2.94. The predicted molar refractivity (Wildman–Crippen MR) is 82.9 cm³/mol. The van der Waals surface area contributed by atoms with Gasteiger partial charge in [0.1, 0.15) is 5.69 Å². The summed E-state index contributed by atoms with van der Waals surface area (Å²) >= 11 is 0. The number of hydrogen-bond donors (Lipinski definition) is 3. The number of carbonyl (C=O) groups is 1. The Bertz CT molecular complexity index is 562. The Hall–Kier alpha value is -2.15. The number of aliphatic hydroxyl groups excluding tert-OH is 1. The van der Waals surface area contributed by atoms with E-state index in [1.165, 1.54) is 13.1 Å². The molecule has 0 aromatic heterocycles. The number of anilines is 1. The predicted octanol–water partition coefficient (Wildman–Crippen LogP) is 1.92. The topological polar surface area (TPSA) is 104 Å². The Kier molecular flexibility index (Phi) is 5.32. The lowest BCUT2D eigenvalue weighted by atomic mass is 9.99. The molecule has 22 heavy (non-hydrogen) atoms. The summed E-state index contributed by atoms with van der Waals surface area (Å²) in [5.74, 6) is -0.0307. The fraction of sp³-hybridized carbons (Fsp3) is 0.533. The van der Waals surface area contributed by atoms with Crippen LogP contribution < -0.4 is 10.6 Å². The van der Waals surface area contributed by atoms with Crippen LogP contribution in [0.2, 0.25) is 0 Å². The molecule has 1 aliphatic rings. The smallest absolute Gasteiger partial charge is 0.293 e. The summed E-state index contributed by atoms with van der Waals surface area (Å²) in [4.78, 5) is 22.4. The standard InChI is InChI=1S/C15H21N3O4/c1-16-15(20)11-5-6-13(14(9-11)18(21)22)17-12-4-2-3-10(12)7-8-19/h5-6,9-10,12,17,19H,2-4,7-8H2,1H3,(H,16,20). The summed E-state index contributed by atoms with van der Waals surface area (Å²) in [5.41, 5.74) is 0.585. The van der Waals surface area contributed by atoms with Crippen LogP contribution in [0.1, 0.15) is 36.0 Å². The molecule has 7 nitrogen and oxygen atoms in total. The van der Waals surface area contributed by atoms with Crippen LogP contribution in [-0.2, 0) is 0 Å². The highest BCUT2D eigenvalue weighted by Crippen LogP contribution is 2.34. The van der Waals surface area contributed by atoms with Gasteiger partial charge in [-0.2, -0.15) is 0 Å². The van der Waals surface area contributed by atoms with Gasteiger partial charge in [0.05, 0.1) is 4.92 Å². The molecular weight excluding hydrogens is 286 g/mol. The number of carbonyl (C=O) groups excluding carboxylic acids is 1. The summed E-state index contributed by atoms with van der Waals surface area (Å²) in [7, 11) is 1.48. The van der Waals surface area contributed by atoms with Crippen molar-refractivity contribution in [2.75, 3.05) is 19.0 Å². The molecule has 1 aromatic carbocycles. The highest BCUT2D eigenvalue weighted by atomic mass is 16.6. The maximum absolute atomic E-state index is 11.6. The molecule has 0 aliphatic heterocycles. The molecule has 2 unspecified atom stereocenters. The van der Waals surface area contributed by atoms with Crippen molar-refractivity contribution >= 4 is 17.3 Å². The first-order valence-corrected chi connectivity index (χ1v) is 7.44. The molecule has 0 saturated heterocycles. The van der Waals surface area contributed by atoms with Crippen molar-refractivity contribution in [1.82, 2.24) is 5.32 Å². The van der Waals surface area contributed by atoms with Gasteiger partial charge in [-0.15, -0.1) is 0 Å². The van der Waals surface area contributed by atoms with Crippen LogP contribution in [0.3, 0.4) is 0 Å².